The zero-order valence-corrected chi connectivity index (χ0v) is 14.1. The van der Waals surface area contributed by atoms with Crippen LogP contribution in [0.5, 0.6) is 0 Å². The van der Waals surface area contributed by atoms with Crippen molar-refractivity contribution in [3.63, 3.8) is 0 Å². The average Bonchev–Trinajstić information content (AvgIpc) is 3.25. The highest BCUT2D eigenvalue weighted by Gasteiger charge is 2.42. The Morgan fingerprint density at radius 3 is 2.83 bits per heavy atom. The van der Waals surface area contributed by atoms with Crippen LogP contribution < -0.4 is 0 Å². The van der Waals surface area contributed by atoms with E-state index in [9.17, 15) is 4.79 Å². The molecular weight excluding hydrogens is 310 g/mol. The first-order valence-electron chi connectivity index (χ1n) is 8.29. The summed E-state index contributed by atoms with van der Waals surface area (Å²) in [7, 11) is 0. The van der Waals surface area contributed by atoms with Crippen molar-refractivity contribution < 1.29 is 14.1 Å². The van der Waals surface area contributed by atoms with Crippen molar-refractivity contribution >= 4 is 5.91 Å². The number of carbonyl (C=O) groups excluding carboxylic acids is 1. The molecule has 3 atom stereocenters. The number of hydrogen-bond donors (Lipinski definition) is 1. The average molecular weight is 331 g/mol. The van der Waals surface area contributed by atoms with Crippen molar-refractivity contribution in [2.45, 2.75) is 45.8 Å². The Hall–Kier alpha value is -2.22. The van der Waals surface area contributed by atoms with Gasteiger partial charge in [0.2, 0.25) is 0 Å². The summed E-state index contributed by atoms with van der Waals surface area (Å²) in [6.07, 6.45) is 1.79. The molecule has 0 bridgehead atoms. The summed E-state index contributed by atoms with van der Waals surface area (Å²) >= 11 is 0. The SMILES string of the molecule is Cc1nc([C@H]2C[C@H]3CCN(C(=O)c4c(C)noc4C)C[C@@H]3O2)n[nH]1. The number of likely N-dealkylation sites (tertiary alicyclic amines) is 1. The summed E-state index contributed by atoms with van der Waals surface area (Å²) in [5, 5.41) is 11.0. The summed E-state index contributed by atoms with van der Waals surface area (Å²) in [6.45, 7) is 6.76. The molecule has 8 heteroatoms. The number of aromatic nitrogens is 4. The molecule has 8 nitrogen and oxygen atoms in total. The number of piperidine rings is 1. The largest absolute Gasteiger partial charge is 0.365 e. The number of carbonyl (C=O) groups is 1. The van der Waals surface area contributed by atoms with Gasteiger partial charge in [-0.2, -0.15) is 5.10 Å². The van der Waals surface area contributed by atoms with Gasteiger partial charge in [-0.05, 0) is 39.5 Å². The molecule has 4 rings (SSSR count). The first kappa shape index (κ1) is 15.3. The van der Waals surface area contributed by atoms with Gasteiger partial charge in [-0.15, -0.1) is 0 Å². The molecule has 0 radical (unpaired) electrons. The van der Waals surface area contributed by atoms with Crippen LogP contribution in [0.25, 0.3) is 0 Å². The van der Waals surface area contributed by atoms with Crippen molar-refractivity contribution in [1.82, 2.24) is 25.2 Å². The summed E-state index contributed by atoms with van der Waals surface area (Å²) in [5.41, 5.74) is 1.22. The van der Waals surface area contributed by atoms with Gasteiger partial charge in [-0.3, -0.25) is 9.89 Å². The highest BCUT2D eigenvalue weighted by molar-refractivity contribution is 5.96. The van der Waals surface area contributed by atoms with Gasteiger partial charge in [0, 0.05) is 13.1 Å². The second-order valence-corrected chi connectivity index (χ2v) is 6.68. The molecule has 128 valence electrons. The van der Waals surface area contributed by atoms with E-state index in [1.54, 1.807) is 13.8 Å². The molecule has 0 aromatic carbocycles. The third-order valence-corrected chi connectivity index (χ3v) is 4.99. The Morgan fingerprint density at radius 2 is 2.17 bits per heavy atom. The van der Waals surface area contributed by atoms with Gasteiger partial charge < -0.3 is 14.2 Å². The van der Waals surface area contributed by atoms with Crippen molar-refractivity contribution in [1.29, 1.82) is 0 Å². The normalized spacial score (nSPS) is 26.6. The highest BCUT2D eigenvalue weighted by atomic mass is 16.5. The number of aromatic amines is 1. The fraction of sp³-hybridized carbons (Fsp3) is 0.625. The fourth-order valence-electron chi connectivity index (χ4n) is 3.73. The lowest BCUT2D eigenvalue weighted by Crippen LogP contribution is -2.45. The smallest absolute Gasteiger partial charge is 0.259 e. The second kappa shape index (κ2) is 5.70. The number of amides is 1. The highest BCUT2D eigenvalue weighted by Crippen LogP contribution is 2.40. The Bertz CT molecular complexity index is 748. The molecule has 4 heterocycles. The third kappa shape index (κ3) is 2.50. The van der Waals surface area contributed by atoms with Gasteiger partial charge in [-0.1, -0.05) is 5.16 Å². The molecule has 2 saturated heterocycles. The van der Waals surface area contributed by atoms with Crippen molar-refractivity contribution in [2.24, 2.45) is 5.92 Å². The zero-order chi connectivity index (χ0) is 16.8. The van der Waals surface area contributed by atoms with Crippen LogP contribution in [0, 0.1) is 26.7 Å². The molecular formula is C16H21N5O3. The number of ether oxygens (including phenoxy) is 1. The predicted octanol–water partition coefficient (Wildman–Crippen LogP) is 1.71. The molecule has 0 unspecified atom stereocenters. The van der Waals surface area contributed by atoms with E-state index in [1.807, 2.05) is 11.8 Å². The lowest BCUT2D eigenvalue weighted by molar-refractivity contribution is -0.00689. The Morgan fingerprint density at radius 1 is 1.33 bits per heavy atom. The number of H-pyrrole nitrogens is 1. The molecule has 0 spiro atoms. The Balaban J connectivity index is 1.47. The maximum absolute atomic E-state index is 12.8. The topological polar surface area (TPSA) is 97.1 Å². The van der Waals surface area contributed by atoms with E-state index < -0.39 is 0 Å². The van der Waals surface area contributed by atoms with E-state index in [4.69, 9.17) is 9.26 Å². The number of fused-ring (bicyclic) bond motifs is 1. The number of hydrogen-bond acceptors (Lipinski definition) is 6. The van der Waals surface area contributed by atoms with Gasteiger partial charge in [0.05, 0.1) is 11.8 Å². The quantitative estimate of drug-likeness (QED) is 0.900. The second-order valence-electron chi connectivity index (χ2n) is 6.68. The fourth-order valence-corrected chi connectivity index (χ4v) is 3.73. The predicted molar refractivity (Wildman–Crippen MR) is 83.3 cm³/mol. The van der Waals surface area contributed by atoms with E-state index >= 15 is 0 Å². The van der Waals surface area contributed by atoms with Crippen LogP contribution in [-0.4, -0.2) is 50.3 Å². The minimum absolute atomic E-state index is 0.0227. The van der Waals surface area contributed by atoms with Crippen LogP contribution >= 0.6 is 0 Å². The minimum Gasteiger partial charge on any atom is -0.365 e. The van der Waals surface area contributed by atoms with E-state index in [2.05, 4.69) is 20.3 Å². The van der Waals surface area contributed by atoms with Gasteiger partial charge in [0.1, 0.15) is 23.3 Å². The van der Waals surface area contributed by atoms with Crippen LogP contribution in [0.4, 0.5) is 0 Å². The molecule has 2 aliphatic rings. The molecule has 2 fully saturated rings. The first-order valence-corrected chi connectivity index (χ1v) is 8.29. The monoisotopic (exact) mass is 331 g/mol. The number of nitrogens with zero attached hydrogens (tertiary/aromatic N) is 4. The van der Waals surface area contributed by atoms with E-state index in [-0.39, 0.29) is 18.1 Å². The summed E-state index contributed by atoms with van der Waals surface area (Å²) in [4.78, 5) is 19.0. The zero-order valence-electron chi connectivity index (χ0n) is 14.1. The Labute approximate surface area is 139 Å². The summed E-state index contributed by atoms with van der Waals surface area (Å²) in [6, 6.07) is 0. The summed E-state index contributed by atoms with van der Waals surface area (Å²) in [5.74, 6) is 2.50. The van der Waals surface area contributed by atoms with E-state index in [0.29, 0.717) is 35.3 Å². The maximum Gasteiger partial charge on any atom is 0.259 e. The van der Waals surface area contributed by atoms with Crippen molar-refractivity contribution in [3.8, 4) is 0 Å². The summed E-state index contributed by atoms with van der Waals surface area (Å²) < 4.78 is 11.3. The van der Waals surface area contributed by atoms with Crippen LogP contribution in [0.3, 0.4) is 0 Å². The molecule has 1 N–H and O–H groups in total. The van der Waals surface area contributed by atoms with Crippen LogP contribution in [0.1, 0.15) is 52.4 Å². The first-order chi connectivity index (χ1) is 11.5. The maximum atomic E-state index is 12.8. The van der Waals surface area contributed by atoms with Gasteiger partial charge in [-0.25, -0.2) is 4.98 Å². The van der Waals surface area contributed by atoms with Gasteiger partial charge >= 0.3 is 0 Å². The van der Waals surface area contributed by atoms with Crippen LogP contribution in [0.2, 0.25) is 0 Å². The molecule has 0 saturated carbocycles. The van der Waals surface area contributed by atoms with Crippen molar-refractivity contribution in [3.05, 3.63) is 28.7 Å². The van der Waals surface area contributed by atoms with E-state index in [0.717, 1.165) is 25.2 Å². The molecule has 2 aromatic heterocycles. The van der Waals surface area contributed by atoms with Crippen LogP contribution in [-0.2, 0) is 4.74 Å². The lowest BCUT2D eigenvalue weighted by atomic mass is 9.91. The molecule has 2 aliphatic heterocycles. The third-order valence-electron chi connectivity index (χ3n) is 4.99. The minimum atomic E-state index is -0.0842. The number of nitrogens with one attached hydrogen (secondary N) is 1. The van der Waals surface area contributed by atoms with Gasteiger partial charge in [0.15, 0.2) is 5.82 Å². The molecule has 1 amide bonds. The lowest BCUT2D eigenvalue weighted by Gasteiger charge is -2.34. The van der Waals surface area contributed by atoms with Crippen molar-refractivity contribution in [2.75, 3.05) is 13.1 Å². The molecule has 24 heavy (non-hydrogen) atoms. The Kier molecular flexibility index (Phi) is 3.64. The van der Waals surface area contributed by atoms with E-state index in [1.165, 1.54) is 0 Å². The number of rotatable bonds is 2. The van der Waals surface area contributed by atoms with Crippen LogP contribution in [0.15, 0.2) is 4.52 Å². The molecule has 2 aromatic rings. The standard InChI is InChI=1S/C16H21N5O3/c1-8-14(9(2)24-20-8)16(22)21-5-4-11-6-12(23-13(11)7-21)15-17-10(3)18-19-15/h11-13H,4-7H2,1-3H3,(H,17,18,19)/t11-,12-,13+/m1/s1. The number of aryl methyl sites for hydroxylation is 3. The van der Waals surface area contributed by atoms with Gasteiger partial charge in [0.25, 0.3) is 5.91 Å². The molecule has 0 aliphatic carbocycles.